The van der Waals surface area contributed by atoms with E-state index in [1.54, 1.807) is 4.68 Å². The Morgan fingerprint density at radius 1 is 1.50 bits per heavy atom. The van der Waals surface area contributed by atoms with Crippen LogP contribution >= 0.6 is 0 Å². The van der Waals surface area contributed by atoms with Gasteiger partial charge < -0.3 is 5.11 Å². The number of nitrogens with zero attached hydrogens (tertiary/aromatic N) is 3. The molecule has 0 amide bonds. The normalized spacial score (nSPS) is 21.8. The summed E-state index contributed by atoms with van der Waals surface area (Å²) in [7, 11) is 1.90. The van der Waals surface area contributed by atoms with Crippen molar-refractivity contribution in [2.75, 3.05) is 6.54 Å². The van der Waals surface area contributed by atoms with Gasteiger partial charge in [-0.15, -0.1) is 0 Å². The van der Waals surface area contributed by atoms with Crippen molar-refractivity contribution in [1.29, 1.82) is 0 Å². The predicted octanol–water partition coefficient (Wildman–Crippen LogP) is 1.56. The van der Waals surface area contributed by atoms with Crippen molar-refractivity contribution in [2.24, 2.45) is 7.05 Å². The summed E-state index contributed by atoms with van der Waals surface area (Å²) in [5, 5.41) is 13.6. The summed E-state index contributed by atoms with van der Waals surface area (Å²) in [5.74, 6) is -0.696. The molecule has 1 saturated heterocycles. The van der Waals surface area contributed by atoms with E-state index in [2.05, 4.69) is 10.00 Å². The van der Waals surface area contributed by atoms with Gasteiger partial charge in [0.05, 0.1) is 5.69 Å². The van der Waals surface area contributed by atoms with E-state index < -0.39 is 5.97 Å². The van der Waals surface area contributed by atoms with Gasteiger partial charge in [-0.3, -0.25) is 14.4 Å². The maximum Gasteiger partial charge on any atom is 0.320 e. The van der Waals surface area contributed by atoms with E-state index >= 15 is 0 Å². The molecule has 0 saturated carbocycles. The Bertz CT molecular complexity index is 428. The third-order valence-corrected chi connectivity index (χ3v) is 3.64. The SMILES string of the molecule is Cc1nn(C)cc1CN1CCCCCC1C(=O)O. The quantitative estimate of drug-likeness (QED) is 0.885. The molecule has 1 N–H and O–H groups in total. The van der Waals surface area contributed by atoms with Crippen LogP contribution in [0.3, 0.4) is 0 Å². The summed E-state index contributed by atoms with van der Waals surface area (Å²) < 4.78 is 1.79. The maximum atomic E-state index is 11.3. The van der Waals surface area contributed by atoms with Gasteiger partial charge in [-0.1, -0.05) is 12.8 Å². The summed E-state index contributed by atoms with van der Waals surface area (Å²) in [6.45, 7) is 3.53. The molecule has 1 aromatic heterocycles. The molecule has 2 rings (SSSR count). The van der Waals surface area contributed by atoms with Crippen LogP contribution in [0.2, 0.25) is 0 Å². The molecule has 1 aliphatic heterocycles. The highest BCUT2D eigenvalue weighted by Crippen LogP contribution is 2.20. The Balaban J connectivity index is 2.13. The van der Waals surface area contributed by atoms with Crippen LogP contribution in [0.15, 0.2) is 6.20 Å². The number of hydrogen-bond donors (Lipinski definition) is 1. The molecule has 1 atom stereocenters. The molecule has 1 aliphatic rings. The Hall–Kier alpha value is -1.36. The number of carbonyl (C=O) groups is 1. The summed E-state index contributed by atoms with van der Waals surface area (Å²) in [6, 6.07) is -0.341. The Morgan fingerprint density at radius 3 is 2.89 bits per heavy atom. The van der Waals surface area contributed by atoms with Gasteiger partial charge >= 0.3 is 5.97 Å². The average molecular weight is 251 g/mol. The van der Waals surface area contributed by atoms with Gasteiger partial charge in [0, 0.05) is 25.4 Å². The zero-order valence-corrected chi connectivity index (χ0v) is 11.1. The van der Waals surface area contributed by atoms with Gasteiger partial charge in [-0.2, -0.15) is 5.10 Å². The van der Waals surface area contributed by atoms with Crippen molar-refractivity contribution in [1.82, 2.24) is 14.7 Å². The van der Waals surface area contributed by atoms with Crippen LogP contribution in [0, 0.1) is 6.92 Å². The first-order chi connectivity index (χ1) is 8.58. The minimum atomic E-state index is -0.696. The summed E-state index contributed by atoms with van der Waals surface area (Å²) in [6.07, 6.45) is 5.97. The highest BCUT2D eigenvalue weighted by atomic mass is 16.4. The fourth-order valence-electron chi connectivity index (χ4n) is 2.66. The lowest BCUT2D eigenvalue weighted by atomic mass is 10.1. The van der Waals surface area contributed by atoms with Crippen molar-refractivity contribution in [3.8, 4) is 0 Å². The van der Waals surface area contributed by atoms with E-state index in [0.717, 1.165) is 43.5 Å². The van der Waals surface area contributed by atoms with E-state index in [9.17, 15) is 9.90 Å². The third-order valence-electron chi connectivity index (χ3n) is 3.64. The molecule has 1 unspecified atom stereocenters. The fourth-order valence-corrected chi connectivity index (χ4v) is 2.66. The molecule has 0 bridgehead atoms. The number of carboxylic acids is 1. The van der Waals surface area contributed by atoms with Crippen molar-refractivity contribution >= 4 is 5.97 Å². The number of hydrogen-bond acceptors (Lipinski definition) is 3. The fraction of sp³-hybridized carbons (Fsp3) is 0.692. The van der Waals surface area contributed by atoms with Crippen LogP contribution in [0.4, 0.5) is 0 Å². The number of aryl methyl sites for hydroxylation is 2. The molecule has 0 spiro atoms. The van der Waals surface area contributed by atoms with Gasteiger partial charge in [0.25, 0.3) is 0 Å². The smallest absolute Gasteiger partial charge is 0.320 e. The van der Waals surface area contributed by atoms with Gasteiger partial charge in [0.2, 0.25) is 0 Å². The molecule has 5 nitrogen and oxygen atoms in total. The summed E-state index contributed by atoms with van der Waals surface area (Å²) in [5.41, 5.74) is 2.12. The second-order valence-electron chi connectivity index (χ2n) is 5.09. The molecular weight excluding hydrogens is 230 g/mol. The molecule has 1 aromatic rings. The van der Waals surface area contributed by atoms with Crippen LogP contribution < -0.4 is 0 Å². The lowest BCUT2D eigenvalue weighted by Crippen LogP contribution is -2.40. The van der Waals surface area contributed by atoms with E-state index in [-0.39, 0.29) is 6.04 Å². The van der Waals surface area contributed by atoms with Crippen LogP contribution in [-0.2, 0) is 18.4 Å². The second-order valence-corrected chi connectivity index (χ2v) is 5.09. The number of aromatic nitrogens is 2. The molecule has 0 aromatic carbocycles. The van der Waals surface area contributed by atoms with Crippen molar-refractivity contribution in [3.63, 3.8) is 0 Å². The molecule has 0 radical (unpaired) electrons. The molecule has 100 valence electrons. The first-order valence-corrected chi connectivity index (χ1v) is 6.54. The average Bonchev–Trinajstić information content (AvgIpc) is 2.52. The predicted molar refractivity (Wildman–Crippen MR) is 68.2 cm³/mol. The van der Waals surface area contributed by atoms with Crippen molar-refractivity contribution in [3.05, 3.63) is 17.5 Å². The summed E-state index contributed by atoms with van der Waals surface area (Å²) in [4.78, 5) is 13.4. The number of rotatable bonds is 3. The molecule has 5 heteroatoms. The lowest BCUT2D eigenvalue weighted by molar-refractivity contribution is -0.143. The van der Waals surface area contributed by atoms with E-state index in [0.29, 0.717) is 6.54 Å². The van der Waals surface area contributed by atoms with Crippen LogP contribution in [0.1, 0.15) is 36.9 Å². The summed E-state index contributed by atoms with van der Waals surface area (Å²) >= 11 is 0. The van der Waals surface area contributed by atoms with Gasteiger partial charge in [0.1, 0.15) is 6.04 Å². The second kappa shape index (κ2) is 5.52. The number of likely N-dealkylation sites (tertiary alicyclic amines) is 1. The standard InChI is InChI=1S/C13H21N3O2/c1-10-11(8-15(2)14-10)9-16-7-5-3-4-6-12(16)13(17)18/h8,12H,3-7,9H2,1-2H3,(H,17,18). The van der Waals surface area contributed by atoms with Crippen LogP contribution in [0.25, 0.3) is 0 Å². The number of carboxylic acid groups (broad SMARTS) is 1. The van der Waals surface area contributed by atoms with E-state index in [4.69, 9.17) is 0 Å². The van der Waals surface area contributed by atoms with Crippen LogP contribution in [-0.4, -0.2) is 38.3 Å². The Morgan fingerprint density at radius 2 is 2.28 bits per heavy atom. The minimum absolute atomic E-state index is 0.341. The topological polar surface area (TPSA) is 58.4 Å². The van der Waals surface area contributed by atoms with Crippen LogP contribution in [0.5, 0.6) is 0 Å². The Labute approximate surface area is 107 Å². The maximum absolute atomic E-state index is 11.3. The molecular formula is C13H21N3O2. The monoisotopic (exact) mass is 251 g/mol. The first kappa shape index (κ1) is 13.1. The molecule has 18 heavy (non-hydrogen) atoms. The first-order valence-electron chi connectivity index (χ1n) is 6.54. The van der Waals surface area contributed by atoms with Gasteiger partial charge in [-0.05, 0) is 26.3 Å². The molecule has 1 fully saturated rings. The van der Waals surface area contributed by atoms with Crippen molar-refractivity contribution in [2.45, 2.75) is 45.2 Å². The Kier molecular flexibility index (Phi) is 4.01. The molecule has 2 heterocycles. The van der Waals surface area contributed by atoms with Gasteiger partial charge in [-0.25, -0.2) is 0 Å². The highest BCUT2D eigenvalue weighted by molar-refractivity contribution is 5.73. The highest BCUT2D eigenvalue weighted by Gasteiger charge is 2.27. The zero-order valence-electron chi connectivity index (χ0n) is 11.1. The van der Waals surface area contributed by atoms with E-state index in [1.165, 1.54) is 0 Å². The zero-order chi connectivity index (χ0) is 13.1. The molecule has 0 aliphatic carbocycles. The third kappa shape index (κ3) is 2.90. The largest absolute Gasteiger partial charge is 0.480 e. The minimum Gasteiger partial charge on any atom is -0.480 e. The lowest BCUT2D eigenvalue weighted by Gasteiger charge is -2.26. The van der Waals surface area contributed by atoms with E-state index in [1.807, 2.05) is 20.2 Å². The number of aliphatic carboxylic acids is 1. The van der Waals surface area contributed by atoms with Crippen molar-refractivity contribution < 1.29 is 9.90 Å². The van der Waals surface area contributed by atoms with Gasteiger partial charge in [0.15, 0.2) is 0 Å².